The molecule has 3 nitrogen and oxygen atoms in total. The Hall–Kier alpha value is -1.63. The predicted octanol–water partition coefficient (Wildman–Crippen LogP) is 0.580. The molecule has 0 unspecified atom stereocenters. The van der Waals surface area contributed by atoms with Crippen LogP contribution in [0.15, 0.2) is 17.1 Å². The van der Waals surface area contributed by atoms with Crippen LogP contribution in [-0.4, -0.2) is 4.98 Å². The number of rotatable bonds is 1. The normalized spacial score (nSPS) is 9.09. The third-order valence-electron chi connectivity index (χ3n) is 1.22. The van der Waals surface area contributed by atoms with Gasteiger partial charge in [-0.2, -0.15) is 5.26 Å². The van der Waals surface area contributed by atoms with Gasteiger partial charge in [0, 0.05) is 17.8 Å². The minimum absolute atomic E-state index is 0.0252. The molecule has 0 atom stereocenters. The molecule has 0 fully saturated rings. The van der Waals surface area contributed by atoms with Crippen molar-refractivity contribution in [3.63, 3.8) is 0 Å². The van der Waals surface area contributed by atoms with Crippen LogP contribution in [0.4, 0.5) is 4.39 Å². The van der Waals surface area contributed by atoms with Crippen molar-refractivity contribution in [1.82, 2.24) is 4.98 Å². The van der Waals surface area contributed by atoms with Crippen LogP contribution in [-0.2, 0) is 6.42 Å². The van der Waals surface area contributed by atoms with Gasteiger partial charge in [0.15, 0.2) is 0 Å². The van der Waals surface area contributed by atoms with E-state index in [1.807, 2.05) is 0 Å². The standard InChI is InChI=1S/C7H5FN2O/c8-6-3-7(11)10-4-5(6)1-2-9/h3-4H,1H2,(H,10,11). The van der Waals surface area contributed by atoms with Crippen LogP contribution < -0.4 is 5.56 Å². The number of nitriles is 1. The Kier molecular flexibility index (Phi) is 2.02. The Bertz CT molecular complexity index is 350. The largest absolute Gasteiger partial charge is 0.329 e. The third-order valence-corrected chi connectivity index (χ3v) is 1.22. The van der Waals surface area contributed by atoms with Gasteiger partial charge in [-0.3, -0.25) is 4.79 Å². The first-order valence-corrected chi connectivity index (χ1v) is 2.98. The number of pyridine rings is 1. The van der Waals surface area contributed by atoms with Gasteiger partial charge in [0.25, 0.3) is 5.56 Å². The molecule has 11 heavy (non-hydrogen) atoms. The van der Waals surface area contributed by atoms with E-state index in [-0.39, 0.29) is 12.0 Å². The number of H-pyrrole nitrogens is 1. The fraction of sp³-hybridized carbons (Fsp3) is 0.143. The van der Waals surface area contributed by atoms with Gasteiger partial charge in [0.05, 0.1) is 12.5 Å². The van der Waals surface area contributed by atoms with Crippen LogP contribution in [0.3, 0.4) is 0 Å². The molecule has 1 heterocycles. The highest BCUT2D eigenvalue weighted by molar-refractivity contribution is 5.15. The van der Waals surface area contributed by atoms with Crippen LogP contribution in [0.2, 0.25) is 0 Å². The zero-order valence-corrected chi connectivity index (χ0v) is 5.60. The van der Waals surface area contributed by atoms with E-state index in [1.165, 1.54) is 6.20 Å². The van der Waals surface area contributed by atoms with Crippen LogP contribution in [0, 0.1) is 17.1 Å². The van der Waals surface area contributed by atoms with Crippen molar-refractivity contribution in [2.75, 3.05) is 0 Å². The van der Waals surface area contributed by atoms with Crippen molar-refractivity contribution >= 4 is 0 Å². The fourth-order valence-corrected chi connectivity index (χ4v) is 0.697. The summed E-state index contributed by atoms with van der Waals surface area (Å²) in [7, 11) is 0. The lowest BCUT2D eigenvalue weighted by Gasteiger charge is -1.93. The van der Waals surface area contributed by atoms with Gasteiger partial charge in [-0.05, 0) is 0 Å². The average Bonchev–Trinajstić information content (AvgIpc) is 1.95. The van der Waals surface area contributed by atoms with E-state index in [9.17, 15) is 9.18 Å². The summed E-state index contributed by atoms with van der Waals surface area (Å²) in [5, 5.41) is 8.20. The highest BCUT2D eigenvalue weighted by Crippen LogP contribution is 2.01. The quantitative estimate of drug-likeness (QED) is 0.639. The Labute approximate surface area is 62.1 Å². The lowest BCUT2D eigenvalue weighted by Crippen LogP contribution is -2.06. The molecule has 1 aromatic heterocycles. The van der Waals surface area contributed by atoms with E-state index in [0.29, 0.717) is 0 Å². The topological polar surface area (TPSA) is 56.6 Å². The number of nitrogens with one attached hydrogen (secondary N) is 1. The van der Waals surface area contributed by atoms with Gasteiger partial charge in [-0.1, -0.05) is 0 Å². The number of nitrogens with zero attached hydrogens (tertiary/aromatic N) is 1. The third kappa shape index (κ3) is 1.64. The highest BCUT2D eigenvalue weighted by Gasteiger charge is 2.00. The predicted molar refractivity (Wildman–Crippen MR) is 36.3 cm³/mol. The summed E-state index contributed by atoms with van der Waals surface area (Å²) in [6.07, 6.45) is 1.18. The summed E-state index contributed by atoms with van der Waals surface area (Å²) in [5.74, 6) is -0.629. The van der Waals surface area contributed by atoms with E-state index < -0.39 is 11.4 Å². The molecule has 1 N–H and O–H groups in total. The van der Waals surface area contributed by atoms with Crippen molar-refractivity contribution in [3.05, 3.63) is 34.0 Å². The second-order valence-electron chi connectivity index (χ2n) is 2.01. The summed E-state index contributed by atoms with van der Waals surface area (Å²) in [4.78, 5) is 12.7. The maximum Gasteiger partial charge on any atom is 0.250 e. The van der Waals surface area contributed by atoms with Gasteiger partial charge >= 0.3 is 0 Å². The Balaban J connectivity index is 3.11. The zero-order chi connectivity index (χ0) is 8.27. The second kappa shape index (κ2) is 2.97. The zero-order valence-electron chi connectivity index (χ0n) is 5.60. The van der Waals surface area contributed by atoms with E-state index in [2.05, 4.69) is 4.98 Å². The smallest absolute Gasteiger partial charge is 0.250 e. The van der Waals surface area contributed by atoms with Crippen LogP contribution in [0.1, 0.15) is 5.56 Å². The molecular formula is C7H5FN2O. The second-order valence-corrected chi connectivity index (χ2v) is 2.01. The fourth-order valence-electron chi connectivity index (χ4n) is 0.697. The van der Waals surface area contributed by atoms with E-state index in [0.717, 1.165) is 6.07 Å². The Morgan fingerprint density at radius 3 is 3.00 bits per heavy atom. The van der Waals surface area contributed by atoms with Crippen molar-refractivity contribution in [2.45, 2.75) is 6.42 Å². The molecule has 56 valence electrons. The molecule has 0 saturated carbocycles. The van der Waals surface area contributed by atoms with Crippen LogP contribution in [0.5, 0.6) is 0 Å². The first-order chi connectivity index (χ1) is 5.24. The Morgan fingerprint density at radius 2 is 2.45 bits per heavy atom. The average molecular weight is 152 g/mol. The lowest BCUT2D eigenvalue weighted by molar-refractivity contribution is 0.610. The summed E-state index contributed by atoms with van der Waals surface area (Å²) in [6, 6.07) is 2.61. The van der Waals surface area contributed by atoms with E-state index in [4.69, 9.17) is 5.26 Å². The number of aromatic amines is 1. The molecule has 1 rings (SSSR count). The molecule has 0 spiro atoms. The molecule has 0 radical (unpaired) electrons. The summed E-state index contributed by atoms with van der Waals surface area (Å²) < 4.78 is 12.7. The van der Waals surface area contributed by atoms with Crippen molar-refractivity contribution in [2.24, 2.45) is 0 Å². The maximum absolute atomic E-state index is 12.7. The first-order valence-electron chi connectivity index (χ1n) is 2.98. The van der Waals surface area contributed by atoms with Gasteiger partial charge < -0.3 is 4.98 Å². The SMILES string of the molecule is N#CCc1c[nH]c(=O)cc1F. The van der Waals surface area contributed by atoms with Gasteiger partial charge in [0.1, 0.15) is 5.82 Å². The molecule has 4 heteroatoms. The van der Waals surface area contributed by atoms with Crippen LogP contribution >= 0.6 is 0 Å². The molecular weight excluding hydrogens is 147 g/mol. The lowest BCUT2D eigenvalue weighted by atomic mass is 10.2. The molecule has 1 aromatic rings. The number of halogens is 1. The molecule has 0 saturated heterocycles. The minimum atomic E-state index is -0.629. The monoisotopic (exact) mass is 152 g/mol. The van der Waals surface area contributed by atoms with Gasteiger partial charge in [-0.25, -0.2) is 4.39 Å². The maximum atomic E-state index is 12.7. The highest BCUT2D eigenvalue weighted by atomic mass is 19.1. The van der Waals surface area contributed by atoms with Gasteiger partial charge in [0.2, 0.25) is 0 Å². The van der Waals surface area contributed by atoms with Crippen molar-refractivity contribution in [3.8, 4) is 6.07 Å². The molecule has 0 amide bonds. The summed E-state index contributed by atoms with van der Waals surface area (Å²) >= 11 is 0. The first kappa shape index (κ1) is 7.48. The molecule has 0 aliphatic heterocycles. The number of aromatic nitrogens is 1. The van der Waals surface area contributed by atoms with Crippen molar-refractivity contribution < 1.29 is 4.39 Å². The molecule has 0 aliphatic rings. The number of hydrogen-bond donors (Lipinski definition) is 1. The van der Waals surface area contributed by atoms with Gasteiger partial charge in [-0.15, -0.1) is 0 Å². The summed E-state index contributed by atoms with van der Waals surface area (Å²) in [6.45, 7) is 0. The van der Waals surface area contributed by atoms with E-state index in [1.54, 1.807) is 6.07 Å². The van der Waals surface area contributed by atoms with Crippen molar-refractivity contribution in [1.29, 1.82) is 5.26 Å². The number of hydrogen-bond acceptors (Lipinski definition) is 2. The molecule has 0 bridgehead atoms. The molecule has 0 aromatic carbocycles. The molecule has 0 aliphatic carbocycles. The minimum Gasteiger partial charge on any atom is -0.329 e. The van der Waals surface area contributed by atoms with Crippen LogP contribution in [0.25, 0.3) is 0 Å². The summed E-state index contributed by atoms with van der Waals surface area (Å²) in [5.41, 5.74) is -0.281. The Morgan fingerprint density at radius 1 is 1.73 bits per heavy atom. The van der Waals surface area contributed by atoms with E-state index >= 15 is 0 Å².